The number of amides is 1. The second-order valence-corrected chi connectivity index (χ2v) is 8.98. The highest BCUT2D eigenvalue weighted by atomic mass is 19.1. The summed E-state index contributed by atoms with van der Waals surface area (Å²) in [5.41, 5.74) is 11.3. The molecule has 0 fully saturated rings. The lowest BCUT2D eigenvalue weighted by molar-refractivity contribution is 0.0857. The number of hydrogen-bond acceptors (Lipinski definition) is 4. The van der Waals surface area contributed by atoms with Crippen molar-refractivity contribution in [3.8, 4) is 11.1 Å². The molecule has 0 saturated heterocycles. The van der Waals surface area contributed by atoms with Crippen LogP contribution >= 0.6 is 0 Å². The molecule has 36 heavy (non-hydrogen) atoms. The summed E-state index contributed by atoms with van der Waals surface area (Å²) in [7, 11) is 0. The van der Waals surface area contributed by atoms with E-state index >= 15 is 0 Å². The molecule has 2 aliphatic heterocycles. The minimum atomic E-state index is -0.638. The summed E-state index contributed by atoms with van der Waals surface area (Å²) in [5.74, 6) is -2.07. The first-order valence-electron chi connectivity index (χ1n) is 11.4. The first kappa shape index (κ1) is 22.3. The first-order valence-corrected chi connectivity index (χ1v) is 11.4. The molecular weight excluding hydrogens is 467 g/mol. The van der Waals surface area contributed by atoms with Crippen LogP contribution in [0.2, 0.25) is 0 Å². The van der Waals surface area contributed by atoms with Crippen molar-refractivity contribution in [2.45, 2.75) is 25.7 Å². The number of halogens is 3. The predicted octanol–water partition coefficient (Wildman–Crippen LogP) is 5.51. The molecule has 2 bridgehead atoms. The lowest BCUT2D eigenvalue weighted by Gasteiger charge is -2.18. The summed E-state index contributed by atoms with van der Waals surface area (Å²) < 4.78 is 48.2. The largest absolute Gasteiger partial charge is 0.384 e. The minimum absolute atomic E-state index is 0.0289. The van der Waals surface area contributed by atoms with Crippen LogP contribution in [0.5, 0.6) is 0 Å². The second-order valence-electron chi connectivity index (χ2n) is 8.98. The zero-order valence-electron chi connectivity index (χ0n) is 19.1. The van der Waals surface area contributed by atoms with E-state index in [1.807, 2.05) is 18.2 Å². The van der Waals surface area contributed by atoms with Gasteiger partial charge in [-0.15, -0.1) is 0 Å². The van der Waals surface area contributed by atoms with E-state index in [-0.39, 0.29) is 29.9 Å². The Hall–Kier alpha value is -4.17. The Kier molecular flexibility index (Phi) is 5.08. The van der Waals surface area contributed by atoms with Crippen LogP contribution in [-0.4, -0.2) is 10.9 Å². The van der Waals surface area contributed by atoms with Gasteiger partial charge in [0.15, 0.2) is 0 Å². The number of benzene rings is 3. The molecule has 5 nitrogen and oxygen atoms in total. The van der Waals surface area contributed by atoms with Crippen LogP contribution in [0.3, 0.4) is 0 Å². The molecule has 1 amide bonds. The van der Waals surface area contributed by atoms with Crippen molar-refractivity contribution >= 4 is 11.7 Å². The Morgan fingerprint density at radius 3 is 2.39 bits per heavy atom. The van der Waals surface area contributed by atoms with E-state index in [0.29, 0.717) is 22.4 Å². The molecule has 3 aromatic carbocycles. The maximum atomic E-state index is 14.4. The standard InChI is InChI=1S/C28H20F3N3O2/c1-13-22(24(31)11-25(32)34-13)12-33-28(35)15-3-6-19-21(9-15)27-20-8-14(2-5-18(20)26(19)36-27)17-7-4-16(29)10-23(17)30/h2-11,26-27H,12H2,1H3,(H2,32,34)(H,33,35)/t26-,27+/m0/s1. The van der Waals surface area contributed by atoms with E-state index < -0.39 is 23.6 Å². The summed E-state index contributed by atoms with van der Waals surface area (Å²) in [6.07, 6.45) is -0.681. The van der Waals surface area contributed by atoms with Gasteiger partial charge >= 0.3 is 0 Å². The molecule has 2 aliphatic rings. The summed E-state index contributed by atoms with van der Waals surface area (Å²) in [6.45, 7) is 1.60. The molecule has 3 heterocycles. The van der Waals surface area contributed by atoms with Crippen molar-refractivity contribution in [3.63, 3.8) is 0 Å². The van der Waals surface area contributed by atoms with Crippen LogP contribution in [0.15, 0.2) is 60.7 Å². The number of rotatable bonds is 4. The quantitative estimate of drug-likeness (QED) is 0.398. The smallest absolute Gasteiger partial charge is 0.251 e. The van der Waals surface area contributed by atoms with Crippen LogP contribution in [0.4, 0.5) is 19.0 Å². The summed E-state index contributed by atoms with van der Waals surface area (Å²) in [6, 6.07) is 15.5. The van der Waals surface area contributed by atoms with Crippen molar-refractivity contribution in [1.82, 2.24) is 10.3 Å². The van der Waals surface area contributed by atoms with Crippen molar-refractivity contribution in [1.29, 1.82) is 0 Å². The van der Waals surface area contributed by atoms with Crippen LogP contribution in [0, 0.1) is 24.4 Å². The number of nitrogens with two attached hydrogens (primary N) is 1. The van der Waals surface area contributed by atoms with Crippen molar-refractivity contribution in [2.24, 2.45) is 0 Å². The van der Waals surface area contributed by atoms with Crippen LogP contribution in [0.25, 0.3) is 11.1 Å². The van der Waals surface area contributed by atoms with Gasteiger partial charge in [-0.2, -0.15) is 0 Å². The molecule has 0 unspecified atom stereocenters. The Bertz CT molecular complexity index is 1550. The maximum Gasteiger partial charge on any atom is 0.251 e. The number of aromatic nitrogens is 1. The Labute approximate surface area is 204 Å². The Morgan fingerprint density at radius 2 is 1.64 bits per heavy atom. The van der Waals surface area contributed by atoms with Gasteiger partial charge in [-0.1, -0.05) is 18.2 Å². The van der Waals surface area contributed by atoms with E-state index in [1.165, 1.54) is 12.1 Å². The van der Waals surface area contributed by atoms with Gasteiger partial charge in [0.25, 0.3) is 5.91 Å². The molecule has 0 aliphatic carbocycles. The molecular formula is C28H20F3N3O2. The number of carbonyl (C=O) groups excluding carboxylic acids is 1. The number of ether oxygens (including phenoxy) is 1. The van der Waals surface area contributed by atoms with E-state index in [9.17, 15) is 18.0 Å². The lowest BCUT2D eigenvalue weighted by atomic mass is 9.83. The number of nitrogen functional groups attached to an aromatic ring is 1. The summed E-state index contributed by atoms with van der Waals surface area (Å²) in [4.78, 5) is 16.9. The fourth-order valence-corrected chi connectivity index (χ4v) is 5.04. The zero-order valence-corrected chi connectivity index (χ0v) is 19.1. The Balaban J connectivity index is 1.27. The molecule has 0 radical (unpaired) electrons. The normalized spacial score (nSPS) is 17.1. The van der Waals surface area contributed by atoms with E-state index in [1.54, 1.807) is 25.1 Å². The van der Waals surface area contributed by atoms with Crippen LogP contribution in [-0.2, 0) is 11.3 Å². The number of nitrogens with zero attached hydrogens (tertiary/aromatic N) is 1. The van der Waals surface area contributed by atoms with Crippen LogP contribution in [0.1, 0.15) is 56.1 Å². The third-order valence-electron chi connectivity index (χ3n) is 6.80. The molecule has 1 aromatic heterocycles. The number of nitrogens with one attached hydrogen (secondary N) is 1. The third kappa shape index (κ3) is 3.53. The molecule has 0 saturated carbocycles. The molecule has 180 valence electrons. The first-order chi connectivity index (χ1) is 17.3. The van der Waals surface area contributed by atoms with E-state index in [2.05, 4.69) is 10.3 Å². The summed E-state index contributed by atoms with van der Waals surface area (Å²) >= 11 is 0. The van der Waals surface area contributed by atoms with E-state index in [4.69, 9.17) is 10.5 Å². The molecule has 0 spiro atoms. The fourth-order valence-electron chi connectivity index (χ4n) is 5.04. The highest BCUT2D eigenvalue weighted by molar-refractivity contribution is 5.94. The predicted molar refractivity (Wildman–Crippen MR) is 128 cm³/mol. The minimum Gasteiger partial charge on any atom is -0.384 e. The Morgan fingerprint density at radius 1 is 0.917 bits per heavy atom. The highest BCUT2D eigenvalue weighted by Crippen LogP contribution is 2.54. The molecule has 4 aromatic rings. The van der Waals surface area contributed by atoms with Crippen molar-refractivity contribution in [3.05, 3.63) is 117 Å². The van der Waals surface area contributed by atoms with E-state index in [0.717, 1.165) is 34.4 Å². The van der Waals surface area contributed by atoms with Gasteiger partial charge < -0.3 is 15.8 Å². The number of hydrogen-bond donors (Lipinski definition) is 2. The van der Waals surface area contributed by atoms with Crippen molar-refractivity contribution in [2.75, 3.05) is 5.73 Å². The summed E-state index contributed by atoms with van der Waals surface area (Å²) in [5, 5.41) is 2.74. The van der Waals surface area contributed by atoms with Gasteiger partial charge in [0.05, 0.1) is 0 Å². The zero-order chi connectivity index (χ0) is 25.1. The van der Waals surface area contributed by atoms with Gasteiger partial charge in [-0.25, -0.2) is 18.2 Å². The topological polar surface area (TPSA) is 77.2 Å². The number of pyridine rings is 1. The lowest BCUT2D eigenvalue weighted by Crippen LogP contribution is -2.24. The maximum absolute atomic E-state index is 14.4. The molecule has 2 atom stereocenters. The van der Waals surface area contributed by atoms with Crippen LogP contribution < -0.4 is 11.1 Å². The monoisotopic (exact) mass is 487 g/mol. The van der Waals surface area contributed by atoms with Crippen molar-refractivity contribution < 1.29 is 22.7 Å². The highest BCUT2D eigenvalue weighted by Gasteiger charge is 2.43. The number of anilines is 1. The van der Waals surface area contributed by atoms with Gasteiger partial charge in [0.2, 0.25) is 0 Å². The average Bonchev–Trinajstić information content (AvgIpc) is 3.40. The van der Waals surface area contributed by atoms with Gasteiger partial charge in [0.1, 0.15) is 35.5 Å². The van der Waals surface area contributed by atoms with Gasteiger partial charge in [-0.05, 0) is 65.1 Å². The fraction of sp³-hybridized carbons (Fsp3) is 0.143. The molecule has 8 heteroatoms. The SMILES string of the molecule is Cc1nc(N)cc(F)c1CNC(=O)c1ccc2c(c1)[C@@H]1O[C@H]2c2ccc(-c3ccc(F)cc3F)cc21. The van der Waals surface area contributed by atoms with Gasteiger partial charge in [-0.3, -0.25) is 4.79 Å². The third-order valence-corrected chi connectivity index (χ3v) is 6.80. The second kappa shape index (κ2) is 8.20. The molecule has 6 rings (SSSR count). The number of fused-ring (bicyclic) bond motifs is 8. The average molecular weight is 487 g/mol. The number of carbonyl (C=O) groups is 1. The molecule has 3 N–H and O–H groups in total. The van der Waals surface area contributed by atoms with Gasteiger partial charge in [0, 0.05) is 41.1 Å². The number of aryl methyl sites for hydroxylation is 1.